The maximum Gasteiger partial charge on any atom is 0.246 e. The van der Waals surface area contributed by atoms with Crippen LogP contribution in [0.4, 0.5) is 5.69 Å². The summed E-state index contributed by atoms with van der Waals surface area (Å²) >= 11 is 5.93. The minimum Gasteiger partial charge on any atom is -0.338 e. The van der Waals surface area contributed by atoms with Crippen molar-refractivity contribution in [3.8, 4) is 0 Å². The highest BCUT2D eigenvalue weighted by atomic mass is 35.5. The van der Waals surface area contributed by atoms with Crippen LogP contribution in [-0.4, -0.2) is 69.1 Å². The number of nitrogens with zero attached hydrogens (tertiary/aromatic N) is 3. The summed E-state index contributed by atoms with van der Waals surface area (Å²) in [5.74, 6) is -0.195. The molecule has 1 heterocycles. The second-order valence-corrected chi connectivity index (χ2v) is 9.95. The SMILES string of the molecule is C[C@@H](C(=O)N1CCN(C/C=C/c2ccccc2)CC1)N(c1ccc(Cl)cc1)S(C)(=O)=O. The summed E-state index contributed by atoms with van der Waals surface area (Å²) in [6.45, 7) is 5.08. The number of carbonyl (C=O) groups is 1. The van der Waals surface area contributed by atoms with Crippen LogP contribution >= 0.6 is 11.6 Å². The molecular weight excluding hydrogens is 434 g/mol. The zero-order valence-electron chi connectivity index (χ0n) is 17.8. The Morgan fingerprint density at radius 3 is 2.26 bits per heavy atom. The molecule has 1 fully saturated rings. The van der Waals surface area contributed by atoms with Crippen molar-refractivity contribution in [3.05, 3.63) is 71.3 Å². The molecule has 0 bridgehead atoms. The van der Waals surface area contributed by atoms with Crippen LogP contribution < -0.4 is 4.31 Å². The smallest absolute Gasteiger partial charge is 0.246 e. The molecule has 1 amide bonds. The molecule has 0 spiro atoms. The quantitative estimate of drug-likeness (QED) is 0.634. The van der Waals surface area contributed by atoms with Crippen LogP contribution in [0.2, 0.25) is 5.02 Å². The van der Waals surface area contributed by atoms with Crippen molar-refractivity contribution in [2.45, 2.75) is 13.0 Å². The summed E-state index contributed by atoms with van der Waals surface area (Å²) in [6, 6.07) is 15.8. The zero-order chi connectivity index (χ0) is 22.4. The van der Waals surface area contributed by atoms with Crippen molar-refractivity contribution in [2.75, 3.05) is 43.3 Å². The first-order chi connectivity index (χ1) is 14.8. The Balaban J connectivity index is 1.59. The lowest BCUT2D eigenvalue weighted by molar-refractivity contribution is -0.133. The van der Waals surface area contributed by atoms with E-state index in [1.54, 1.807) is 36.1 Å². The van der Waals surface area contributed by atoms with Crippen LogP contribution in [0.3, 0.4) is 0 Å². The number of benzene rings is 2. The average Bonchev–Trinajstić information content (AvgIpc) is 2.75. The van der Waals surface area contributed by atoms with E-state index in [1.165, 1.54) is 4.31 Å². The van der Waals surface area contributed by atoms with Gasteiger partial charge in [0.05, 0.1) is 11.9 Å². The van der Waals surface area contributed by atoms with Crippen LogP contribution in [0.25, 0.3) is 6.08 Å². The molecule has 166 valence electrons. The second-order valence-electron chi connectivity index (χ2n) is 7.65. The van der Waals surface area contributed by atoms with E-state index < -0.39 is 16.1 Å². The largest absolute Gasteiger partial charge is 0.338 e. The van der Waals surface area contributed by atoms with Crippen LogP contribution in [0.15, 0.2) is 60.7 Å². The van der Waals surface area contributed by atoms with Crippen LogP contribution in [0, 0.1) is 0 Å². The first-order valence-electron chi connectivity index (χ1n) is 10.2. The highest BCUT2D eigenvalue weighted by Crippen LogP contribution is 2.24. The first kappa shape index (κ1) is 23.3. The molecule has 3 rings (SSSR count). The Morgan fingerprint density at radius 1 is 1.06 bits per heavy atom. The Bertz CT molecular complexity index is 1000. The van der Waals surface area contributed by atoms with Gasteiger partial charge in [-0.15, -0.1) is 0 Å². The molecule has 0 N–H and O–H groups in total. The molecule has 1 atom stereocenters. The van der Waals surface area contributed by atoms with Gasteiger partial charge < -0.3 is 4.90 Å². The van der Waals surface area contributed by atoms with Crippen molar-refractivity contribution in [1.82, 2.24) is 9.80 Å². The van der Waals surface area contributed by atoms with Crippen LogP contribution in [0.5, 0.6) is 0 Å². The van der Waals surface area contributed by atoms with Crippen molar-refractivity contribution in [3.63, 3.8) is 0 Å². The van der Waals surface area contributed by atoms with Gasteiger partial charge in [0, 0.05) is 37.7 Å². The van der Waals surface area contributed by atoms with Crippen molar-refractivity contribution < 1.29 is 13.2 Å². The predicted molar refractivity (Wildman–Crippen MR) is 127 cm³/mol. The third kappa shape index (κ3) is 6.32. The molecule has 0 radical (unpaired) electrons. The molecule has 2 aromatic rings. The summed E-state index contributed by atoms with van der Waals surface area (Å²) in [6.07, 6.45) is 5.33. The summed E-state index contributed by atoms with van der Waals surface area (Å²) in [5.41, 5.74) is 1.59. The number of halogens is 1. The summed E-state index contributed by atoms with van der Waals surface area (Å²) in [7, 11) is -3.64. The van der Waals surface area contributed by atoms with E-state index in [-0.39, 0.29) is 5.91 Å². The number of carbonyl (C=O) groups excluding carboxylic acids is 1. The number of hydrogen-bond acceptors (Lipinski definition) is 4. The Morgan fingerprint density at radius 2 is 1.68 bits per heavy atom. The summed E-state index contributed by atoms with van der Waals surface area (Å²) in [4.78, 5) is 17.1. The Kier molecular flexibility index (Phi) is 7.75. The molecule has 31 heavy (non-hydrogen) atoms. The molecule has 8 heteroatoms. The lowest BCUT2D eigenvalue weighted by atomic mass is 10.2. The maximum atomic E-state index is 13.1. The van der Waals surface area contributed by atoms with Gasteiger partial charge in [-0.2, -0.15) is 0 Å². The van der Waals surface area contributed by atoms with Gasteiger partial charge >= 0.3 is 0 Å². The highest BCUT2D eigenvalue weighted by Gasteiger charge is 2.33. The summed E-state index contributed by atoms with van der Waals surface area (Å²) in [5, 5.41) is 0.508. The van der Waals surface area contributed by atoms with Gasteiger partial charge in [0.25, 0.3) is 0 Å². The monoisotopic (exact) mass is 461 g/mol. The van der Waals surface area contributed by atoms with Crippen molar-refractivity contribution in [1.29, 1.82) is 0 Å². The summed E-state index contributed by atoms with van der Waals surface area (Å²) < 4.78 is 26.0. The molecule has 1 saturated heterocycles. The molecule has 0 aromatic heterocycles. The number of hydrogen-bond donors (Lipinski definition) is 0. The Labute approximate surface area is 189 Å². The van der Waals surface area contributed by atoms with Gasteiger partial charge in [0.2, 0.25) is 15.9 Å². The highest BCUT2D eigenvalue weighted by molar-refractivity contribution is 7.92. The molecule has 2 aromatic carbocycles. The fraction of sp³-hybridized carbons (Fsp3) is 0.348. The van der Waals surface area contributed by atoms with Crippen molar-refractivity contribution >= 4 is 39.3 Å². The van der Waals surface area contributed by atoms with E-state index in [0.717, 1.165) is 31.5 Å². The minimum atomic E-state index is -3.64. The normalized spacial score (nSPS) is 16.4. The number of piperazine rings is 1. The molecule has 1 aliphatic heterocycles. The molecule has 1 aliphatic rings. The van der Waals surface area contributed by atoms with E-state index in [2.05, 4.69) is 29.2 Å². The third-order valence-corrected chi connectivity index (χ3v) is 6.80. The second kappa shape index (κ2) is 10.3. The number of anilines is 1. The fourth-order valence-corrected chi connectivity index (χ4v) is 5.00. The van der Waals surface area contributed by atoms with E-state index in [4.69, 9.17) is 11.6 Å². The van der Waals surface area contributed by atoms with Crippen LogP contribution in [0.1, 0.15) is 12.5 Å². The van der Waals surface area contributed by atoms with E-state index in [9.17, 15) is 13.2 Å². The standard InChI is InChI=1S/C23H28ClN3O3S/c1-19(27(31(2,29)30)22-12-10-21(24)11-13-22)23(28)26-17-15-25(16-18-26)14-6-9-20-7-4-3-5-8-20/h3-13,19H,14-18H2,1-2H3/b9-6+/t19-/m0/s1. The van der Waals surface area contributed by atoms with Crippen molar-refractivity contribution in [2.24, 2.45) is 0 Å². The van der Waals surface area contributed by atoms with Gasteiger partial charge in [-0.25, -0.2) is 8.42 Å². The predicted octanol–water partition coefficient (Wildman–Crippen LogP) is 3.35. The Hall–Kier alpha value is -2.35. The van der Waals surface area contributed by atoms with Gasteiger partial charge in [0.15, 0.2) is 0 Å². The van der Waals surface area contributed by atoms with Gasteiger partial charge in [-0.05, 0) is 36.8 Å². The number of rotatable bonds is 7. The lowest BCUT2D eigenvalue weighted by Gasteiger charge is -2.37. The first-order valence-corrected chi connectivity index (χ1v) is 12.5. The van der Waals surface area contributed by atoms with Crippen LogP contribution in [-0.2, 0) is 14.8 Å². The average molecular weight is 462 g/mol. The topological polar surface area (TPSA) is 60.9 Å². The fourth-order valence-electron chi connectivity index (χ4n) is 3.71. The molecule has 6 nitrogen and oxygen atoms in total. The number of amides is 1. The molecule has 0 aliphatic carbocycles. The zero-order valence-corrected chi connectivity index (χ0v) is 19.4. The minimum absolute atomic E-state index is 0.195. The third-order valence-electron chi connectivity index (χ3n) is 5.31. The molecule has 0 saturated carbocycles. The maximum absolute atomic E-state index is 13.1. The van der Waals surface area contributed by atoms with Gasteiger partial charge in [0.1, 0.15) is 6.04 Å². The molecule has 0 unspecified atom stereocenters. The van der Waals surface area contributed by atoms with E-state index >= 15 is 0 Å². The van der Waals surface area contributed by atoms with Gasteiger partial charge in [-0.1, -0.05) is 54.1 Å². The van der Waals surface area contributed by atoms with E-state index in [1.807, 2.05) is 18.2 Å². The van der Waals surface area contributed by atoms with E-state index in [0.29, 0.717) is 23.8 Å². The van der Waals surface area contributed by atoms with Gasteiger partial charge in [-0.3, -0.25) is 14.0 Å². The number of sulfonamides is 1. The lowest BCUT2D eigenvalue weighted by Crippen LogP contribution is -2.55. The molecular formula is C23H28ClN3O3S.